The van der Waals surface area contributed by atoms with Gasteiger partial charge in [0.25, 0.3) is 0 Å². The van der Waals surface area contributed by atoms with Crippen LogP contribution in [0.2, 0.25) is 0 Å². The second kappa shape index (κ2) is 6.02. The van der Waals surface area contributed by atoms with Gasteiger partial charge in [0.1, 0.15) is 0 Å². The predicted octanol–water partition coefficient (Wildman–Crippen LogP) is 4.62. The summed E-state index contributed by atoms with van der Waals surface area (Å²) in [4.78, 5) is 4.02. The second-order valence-electron chi connectivity index (χ2n) is 6.01. The van der Waals surface area contributed by atoms with Crippen molar-refractivity contribution in [3.05, 3.63) is 16.1 Å². The van der Waals surface area contributed by atoms with Crippen molar-refractivity contribution < 1.29 is 13.2 Å². The van der Waals surface area contributed by atoms with Gasteiger partial charge in [0.05, 0.1) is 0 Å². The molecule has 2 N–H and O–H groups in total. The van der Waals surface area contributed by atoms with Crippen LogP contribution in [-0.4, -0.2) is 4.98 Å². The number of thiazole rings is 1. The van der Waals surface area contributed by atoms with Crippen LogP contribution in [0.1, 0.15) is 55.5 Å². The number of nitrogens with zero attached hydrogens (tertiary/aromatic N) is 1. The largest absolute Gasteiger partial charge is 0.443 e. The number of nitrogens with two attached hydrogens (primary N) is 1. The molecule has 0 amide bonds. The Morgan fingerprint density at radius 3 is 2.20 bits per heavy atom. The summed E-state index contributed by atoms with van der Waals surface area (Å²) in [5.41, 5.74) is 6.15. The Balaban J connectivity index is 1.98. The third kappa shape index (κ3) is 3.52. The maximum atomic E-state index is 12.6. The molecule has 20 heavy (non-hydrogen) atoms. The van der Waals surface area contributed by atoms with Crippen LogP contribution in [0.5, 0.6) is 0 Å². The first-order chi connectivity index (χ1) is 9.29. The average Bonchev–Trinajstić information content (AvgIpc) is 2.87. The van der Waals surface area contributed by atoms with Crippen molar-refractivity contribution in [3.63, 3.8) is 0 Å². The van der Waals surface area contributed by atoms with Gasteiger partial charge in [0, 0.05) is 17.1 Å². The molecule has 1 fully saturated rings. The lowest BCUT2D eigenvalue weighted by Gasteiger charge is -2.33. The van der Waals surface area contributed by atoms with E-state index in [1.165, 1.54) is 6.20 Å². The monoisotopic (exact) mass is 306 g/mol. The maximum absolute atomic E-state index is 12.6. The van der Waals surface area contributed by atoms with Gasteiger partial charge in [-0.2, -0.15) is 13.2 Å². The molecule has 0 saturated heterocycles. The maximum Gasteiger partial charge on any atom is 0.443 e. The van der Waals surface area contributed by atoms with Crippen molar-refractivity contribution in [1.82, 2.24) is 4.98 Å². The van der Waals surface area contributed by atoms with Crippen LogP contribution < -0.4 is 5.73 Å². The van der Waals surface area contributed by atoms with E-state index < -0.39 is 11.2 Å². The quantitative estimate of drug-likeness (QED) is 0.884. The molecule has 1 saturated carbocycles. The van der Waals surface area contributed by atoms with Crippen LogP contribution in [0.3, 0.4) is 0 Å². The van der Waals surface area contributed by atoms with Crippen molar-refractivity contribution in [2.24, 2.45) is 23.5 Å². The van der Waals surface area contributed by atoms with Gasteiger partial charge < -0.3 is 5.73 Å². The zero-order valence-electron chi connectivity index (χ0n) is 11.8. The Labute approximate surface area is 121 Å². The molecule has 0 spiro atoms. The summed E-state index contributed by atoms with van der Waals surface area (Å²) in [5, 5.41) is -0.793. The zero-order chi connectivity index (χ0) is 14.9. The van der Waals surface area contributed by atoms with Gasteiger partial charge in [-0.05, 0) is 43.4 Å². The molecule has 0 aromatic carbocycles. The Morgan fingerprint density at radius 1 is 1.20 bits per heavy atom. The summed E-state index contributed by atoms with van der Waals surface area (Å²) in [6.07, 6.45) is 1.19. The normalized spacial score (nSPS) is 25.9. The summed E-state index contributed by atoms with van der Waals surface area (Å²) in [5.74, 6) is 1.68. The lowest BCUT2D eigenvalue weighted by atomic mass is 9.74. The van der Waals surface area contributed by atoms with Gasteiger partial charge in [0.2, 0.25) is 0 Å². The van der Waals surface area contributed by atoms with E-state index in [0.717, 1.165) is 31.6 Å². The van der Waals surface area contributed by atoms with Crippen molar-refractivity contribution in [3.8, 4) is 0 Å². The predicted molar refractivity (Wildman–Crippen MR) is 74.3 cm³/mol. The minimum Gasteiger partial charge on any atom is -0.323 e. The minimum atomic E-state index is -4.36. The Kier molecular flexibility index (Phi) is 4.74. The van der Waals surface area contributed by atoms with Gasteiger partial charge in [0.15, 0.2) is 5.01 Å². The zero-order valence-corrected chi connectivity index (χ0v) is 12.6. The second-order valence-corrected chi connectivity index (χ2v) is 7.07. The molecule has 0 radical (unpaired) electrons. The van der Waals surface area contributed by atoms with E-state index in [1.54, 1.807) is 0 Å². The highest BCUT2D eigenvalue weighted by atomic mass is 32.1. The summed E-state index contributed by atoms with van der Waals surface area (Å²) in [6, 6.07) is -0.309. The Bertz CT molecular complexity index is 434. The highest BCUT2D eigenvalue weighted by molar-refractivity contribution is 7.11. The van der Waals surface area contributed by atoms with Crippen LogP contribution in [-0.2, 0) is 6.18 Å². The number of hydrogen-bond acceptors (Lipinski definition) is 3. The first-order valence-corrected chi connectivity index (χ1v) is 7.89. The van der Waals surface area contributed by atoms with E-state index in [2.05, 4.69) is 18.8 Å². The lowest BCUT2D eigenvalue weighted by Crippen LogP contribution is -2.27. The van der Waals surface area contributed by atoms with E-state index in [9.17, 15) is 13.2 Å². The summed E-state index contributed by atoms with van der Waals surface area (Å²) in [6.45, 7) is 4.45. The fourth-order valence-electron chi connectivity index (χ4n) is 2.97. The van der Waals surface area contributed by atoms with Gasteiger partial charge in [-0.15, -0.1) is 11.3 Å². The molecule has 0 aliphatic heterocycles. The van der Waals surface area contributed by atoms with Gasteiger partial charge in [-0.25, -0.2) is 4.98 Å². The van der Waals surface area contributed by atoms with Crippen molar-refractivity contribution in [2.45, 2.75) is 51.7 Å². The van der Waals surface area contributed by atoms with E-state index >= 15 is 0 Å². The molecule has 2 nitrogen and oxygen atoms in total. The van der Waals surface area contributed by atoms with Crippen LogP contribution in [0.25, 0.3) is 0 Å². The first kappa shape index (κ1) is 15.8. The van der Waals surface area contributed by atoms with Gasteiger partial charge >= 0.3 is 6.18 Å². The Morgan fingerprint density at radius 2 is 1.75 bits per heavy atom. The molecule has 1 aromatic rings. The lowest BCUT2D eigenvalue weighted by molar-refractivity contribution is -0.137. The number of hydrogen-bond donors (Lipinski definition) is 1. The summed E-state index contributed by atoms with van der Waals surface area (Å²) in [7, 11) is 0. The van der Waals surface area contributed by atoms with Crippen LogP contribution in [0.4, 0.5) is 13.2 Å². The third-order valence-corrected chi connectivity index (χ3v) is 5.51. The fraction of sp³-hybridized carbons (Fsp3) is 0.786. The molecule has 114 valence electrons. The van der Waals surface area contributed by atoms with Crippen LogP contribution in [0, 0.1) is 17.8 Å². The topological polar surface area (TPSA) is 38.9 Å². The van der Waals surface area contributed by atoms with Crippen molar-refractivity contribution in [2.75, 3.05) is 0 Å². The Hall–Kier alpha value is -0.620. The molecule has 0 bridgehead atoms. The number of halogens is 3. The smallest absolute Gasteiger partial charge is 0.323 e. The third-order valence-electron chi connectivity index (χ3n) is 4.36. The SMILES string of the molecule is CC(C)C1CCC(C(N)c2cnc(C(F)(F)F)s2)CC1. The molecule has 1 heterocycles. The van der Waals surface area contributed by atoms with E-state index in [4.69, 9.17) is 5.73 Å². The number of rotatable bonds is 3. The molecular weight excluding hydrogens is 285 g/mol. The number of aromatic nitrogens is 1. The molecule has 6 heteroatoms. The molecule has 1 aromatic heterocycles. The van der Waals surface area contributed by atoms with E-state index in [-0.39, 0.29) is 12.0 Å². The minimum absolute atomic E-state index is 0.284. The average molecular weight is 306 g/mol. The molecule has 1 aliphatic carbocycles. The molecule has 2 rings (SSSR count). The van der Waals surface area contributed by atoms with Crippen molar-refractivity contribution >= 4 is 11.3 Å². The van der Waals surface area contributed by atoms with E-state index in [1.807, 2.05) is 0 Å². The highest BCUT2D eigenvalue weighted by Crippen LogP contribution is 2.41. The first-order valence-electron chi connectivity index (χ1n) is 7.07. The standard InChI is InChI=1S/C14H21F3N2S/c1-8(2)9-3-5-10(6-4-9)12(18)11-7-19-13(20-11)14(15,16)17/h7-10,12H,3-6,18H2,1-2H3. The molecular formula is C14H21F3N2S. The highest BCUT2D eigenvalue weighted by Gasteiger charge is 2.36. The molecule has 1 unspecified atom stereocenters. The molecule has 1 aliphatic rings. The summed E-state index contributed by atoms with van der Waals surface area (Å²) < 4.78 is 37.7. The van der Waals surface area contributed by atoms with Crippen LogP contribution >= 0.6 is 11.3 Å². The number of alkyl halides is 3. The summed E-state index contributed by atoms with van der Waals surface area (Å²) >= 11 is 0.688. The van der Waals surface area contributed by atoms with Crippen molar-refractivity contribution in [1.29, 1.82) is 0 Å². The fourth-order valence-corrected chi connectivity index (χ4v) is 3.85. The van der Waals surface area contributed by atoms with E-state index in [0.29, 0.717) is 22.1 Å². The van der Waals surface area contributed by atoms with Gasteiger partial charge in [-0.3, -0.25) is 0 Å². The molecule has 1 atom stereocenters. The van der Waals surface area contributed by atoms with Crippen LogP contribution in [0.15, 0.2) is 6.20 Å². The van der Waals surface area contributed by atoms with Gasteiger partial charge in [-0.1, -0.05) is 13.8 Å².